The van der Waals surface area contributed by atoms with Crippen molar-refractivity contribution in [3.05, 3.63) is 94.8 Å². The van der Waals surface area contributed by atoms with Gasteiger partial charge < -0.3 is 15.8 Å². The van der Waals surface area contributed by atoms with Gasteiger partial charge in [0.1, 0.15) is 5.82 Å². The zero-order chi connectivity index (χ0) is 22.6. The number of ether oxygens (including phenoxy) is 1. The molecular weight excluding hydrogens is 416 g/mol. The molecule has 0 spiro atoms. The summed E-state index contributed by atoms with van der Waals surface area (Å²) in [4.78, 5) is 25.1. The van der Waals surface area contributed by atoms with Crippen molar-refractivity contribution in [1.29, 1.82) is 0 Å². The number of carbonyl (C=O) groups is 2. The van der Waals surface area contributed by atoms with Gasteiger partial charge in [-0.25, -0.2) is 9.18 Å². The smallest absolute Gasteiger partial charge is 0.420 e. The van der Waals surface area contributed by atoms with Gasteiger partial charge in [0.05, 0.1) is 16.7 Å². The first-order chi connectivity index (χ1) is 14.7. The summed E-state index contributed by atoms with van der Waals surface area (Å²) in [5.74, 6) is -3.66. The Balaban J connectivity index is 1.98. The number of amides is 1. The minimum atomic E-state index is -4.89. The van der Waals surface area contributed by atoms with Gasteiger partial charge in [-0.2, -0.15) is 13.2 Å². The summed E-state index contributed by atoms with van der Waals surface area (Å²) in [5, 5.41) is 2.47. The monoisotopic (exact) mass is 432 g/mol. The maximum Gasteiger partial charge on any atom is 0.420 e. The first-order valence-electron chi connectivity index (χ1n) is 8.97. The van der Waals surface area contributed by atoms with Crippen LogP contribution in [0.1, 0.15) is 31.8 Å². The molecule has 0 radical (unpaired) electrons. The van der Waals surface area contributed by atoms with Crippen molar-refractivity contribution in [3.8, 4) is 5.75 Å². The number of alkyl halides is 3. The number of benzene rings is 3. The number of hydrogen-bond donors (Lipinski definition) is 2. The number of nitrogens with one attached hydrogen (secondary N) is 1. The van der Waals surface area contributed by atoms with Crippen molar-refractivity contribution < 1.29 is 31.9 Å². The SMILES string of the molecule is NCc1cccc(NC(=O)c2cccc(C(F)(F)F)c2OC(=O)c2ccc(F)cc2)c1. The van der Waals surface area contributed by atoms with Gasteiger partial charge in [-0.15, -0.1) is 0 Å². The second kappa shape index (κ2) is 8.97. The number of nitrogens with two attached hydrogens (primary N) is 1. The van der Waals surface area contributed by atoms with Crippen LogP contribution in [-0.4, -0.2) is 11.9 Å². The molecule has 3 rings (SSSR count). The van der Waals surface area contributed by atoms with E-state index in [2.05, 4.69) is 5.32 Å². The van der Waals surface area contributed by atoms with Crippen LogP contribution < -0.4 is 15.8 Å². The fraction of sp³-hybridized carbons (Fsp3) is 0.0909. The van der Waals surface area contributed by atoms with Gasteiger partial charge in [-0.1, -0.05) is 18.2 Å². The Bertz CT molecular complexity index is 1110. The summed E-state index contributed by atoms with van der Waals surface area (Å²) in [6, 6.07) is 13.3. The molecule has 0 unspecified atom stereocenters. The molecule has 31 heavy (non-hydrogen) atoms. The molecule has 0 fully saturated rings. The molecule has 0 saturated heterocycles. The molecule has 0 aromatic heterocycles. The molecule has 1 amide bonds. The molecule has 5 nitrogen and oxygen atoms in total. The highest BCUT2D eigenvalue weighted by Crippen LogP contribution is 2.39. The lowest BCUT2D eigenvalue weighted by Crippen LogP contribution is -2.20. The minimum Gasteiger partial charge on any atom is -0.421 e. The predicted molar refractivity (Wildman–Crippen MR) is 105 cm³/mol. The van der Waals surface area contributed by atoms with Crippen LogP contribution in [0.25, 0.3) is 0 Å². The number of hydrogen-bond acceptors (Lipinski definition) is 4. The van der Waals surface area contributed by atoms with Gasteiger partial charge in [-0.05, 0) is 54.1 Å². The summed E-state index contributed by atoms with van der Waals surface area (Å²) in [7, 11) is 0. The minimum absolute atomic E-state index is 0.180. The zero-order valence-corrected chi connectivity index (χ0v) is 15.9. The van der Waals surface area contributed by atoms with Crippen molar-refractivity contribution in [2.45, 2.75) is 12.7 Å². The summed E-state index contributed by atoms with van der Waals surface area (Å²) >= 11 is 0. The second-order valence-corrected chi connectivity index (χ2v) is 6.44. The van der Waals surface area contributed by atoms with E-state index in [1.54, 1.807) is 18.2 Å². The molecule has 0 heterocycles. The van der Waals surface area contributed by atoms with E-state index < -0.39 is 40.7 Å². The standard InChI is InChI=1S/C22H16F4N2O3/c23-15-9-7-14(8-10-15)21(30)31-19-17(5-2-6-18(19)22(24,25)26)20(29)28-16-4-1-3-13(11-16)12-27/h1-11H,12,27H2,(H,28,29). The zero-order valence-electron chi connectivity index (χ0n) is 15.9. The van der Waals surface area contributed by atoms with Crippen LogP contribution in [-0.2, 0) is 12.7 Å². The molecule has 9 heteroatoms. The molecule has 3 aromatic carbocycles. The molecule has 160 valence electrons. The lowest BCUT2D eigenvalue weighted by Gasteiger charge is -2.16. The van der Waals surface area contributed by atoms with Crippen molar-refractivity contribution >= 4 is 17.6 Å². The molecule has 0 bridgehead atoms. The molecular formula is C22H16F4N2O3. The number of rotatable bonds is 5. The van der Waals surface area contributed by atoms with Gasteiger partial charge in [0.2, 0.25) is 0 Å². The van der Waals surface area contributed by atoms with Gasteiger partial charge in [0, 0.05) is 12.2 Å². The highest BCUT2D eigenvalue weighted by atomic mass is 19.4. The van der Waals surface area contributed by atoms with E-state index >= 15 is 0 Å². The Kier molecular flexibility index (Phi) is 6.36. The molecule has 0 aliphatic rings. The first-order valence-corrected chi connectivity index (χ1v) is 8.97. The van der Waals surface area contributed by atoms with Gasteiger partial charge in [0.25, 0.3) is 5.91 Å². The summed E-state index contributed by atoms with van der Waals surface area (Å²) < 4.78 is 58.6. The third kappa shape index (κ3) is 5.26. The molecule has 0 aliphatic carbocycles. The number of carbonyl (C=O) groups excluding carboxylic acids is 2. The highest BCUT2D eigenvalue weighted by molar-refractivity contribution is 6.07. The first kappa shape index (κ1) is 22.0. The fourth-order valence-electron chi connectivity index (χ4n) is 2.76. The summed E-state index contributed by atoms with van der Waals surface area (Å²) in [5.41, 5.74) is 4.58. The predicted octanol–water partition coefficient (Wildman–Crippen LogP) is 4.77. The topological polar surface area (TPSA) is 81.4 Å². The quantitative estimate of drug-likeness (QED) is 0.346. The third-order valence-electron chi connectivity index (χ3n) is 4.26. The largest absolute Gasteiger partial charge is 0.421 e. The van der Waals surface area contributed by atoms with E-state index in [1.807, 2.05) is 0 Å². The van der Waals surface area contributed by atoms with Crippen LogP contribution in [0.2, 0.25) is 0 Å². The van der Waals surface area contributed by atoms with Crippen LogP contribution in [0.3, 0.4) is 0 Å². The van der Waals surface area contributed by atoms with E-state index in [0.29, 0.717) is 17.3 Å². The lowest BCUT2D eigenvalue weighted by atomic mass is 10.1. The van der Waals surface area contributed by atoms with Gasteiger partial charge in [-0.3, -0.25) is 4.79 Å². The molecule has 0 aliphatic heterocycles. The maximum absolute atomic E-state index is 13.5. The number of para-hydroxylation sites is 1. The van der Waals surface area contributed by atoms with E-state index in [1.165, 1.54) is 6.07 Å². The van der Waals surface area contributed by atoms with Crippen LogP contribution in [0.5, 0.6) is 5.75 Å². The van der Waals surface area contributed by atoms with E-state index in [4.69, 9.17) is 10.5 Å². The van der Waals surface area contributed by atoms with Crippen LogP contribution in [0.15, 0.2) is 66.7 Å². The van der Waals surface area contributed by atoms with Crippen LogP contribution in [0, 0.1) is 5.82 Å². The average molecular weight is 432 g/mol. The average Bonchev–Trinajstić information content (AvgIpc) is 2.73. The number of halogens is 4. The Morgan fingerprint density at radius 2 is 1.65 bits per heavy atom. The second-order valence-electron chi connectivity index (χ2n) is 6.44. The van der Waals surface area contributed by atoms with E-state index in [-0.39, 0.29) is 12.1 Å². The summed E-state index contributed by atoms with van der Waals surface area (Å²) in [6.45, 7) is 0.202. The molecule has 3 aromatic rings. The molecule has 3 N–H and O–H groups in total. The normalized spacial score (nSPS) is 11.1. The van der Waals surface area contributed by atoms with Gasteiger partial charge >= 0.3 is 12.1 Å². The number of esters is 1. The van der Waals surface area contributed by atoms with Gasteiger partial charge in [0.15, 0.2) is 5.75 Å². The Morgan fingerprint density at radius 3 is 2.29 bits per heavy atom. The van der Waals surface area contributed by atoms with Crippen LogP contribution in [0.4, 0.5) is 23.2 Å². The number of anilines is 1. The highest BCUT2D eigenvalue weighted by Gasteiger charge is 2.37. The third-order valence-corrected chi connectivity index (χ3v) is 4.26. The van der Waals surface area contributed by atoms with Crippen molar-refractivity contribution in [3.63, 3.8) is 0 Å². The Morgan fingerprint density at radius 1 is 0.968 bits per heavy atom. The lowest BCUT2D eigenvalue weighted by molar-refractivity contribution is -0.138. The van der Waals surface area contributed by atoms with Crippen molar-refractivity contribution in [1.82, 2.24) is 0 Å². The molecule has 0 saturated carbocycles. The summed E-state index contributed by atoms with van der Waals surface area (Å²) in [6.07, 6.45) is -4.89. The van der Waals surface area contributed by atoms with Crippen molar-refractivity contribution in [2.24, 2.45) is 5.73 Å². The Labute approximate surface area is 174 Å². The fourth-order valence-corrected chi connectivity index (χ4v) is 2.76. The van der Waals surface area contributed by atoms with Crippen LogP contribution >= 0.6 is 0 Å². The van der Waals surface area contributed by atoms with E-state index in [9.17, 15) is 27.2 Å². The van der Waals surface area contributed by atoms with E-state index in [0.717, 1.165) is 36.4 Å². The maximum atomic E-state index is 13.5. The molecule has 0 atom stereocenters. The Hall–Kier alpha value is -3.72. The van der Waals surface area contributed by atoms with Crippen molar-refractivity contribution in [2.75, 3.05) is 5.32 Å².